The molecule has 0 saturated carbocycles. The summed E-state index contributed by atoms with van der Waals surface area (Å²) in [4.78, 5) is 11.3. The van der Waals surface area contributed by atoms with E-state index < -0.39 is 11.9 Å². The molecule has 1 aromatic carbocycles. The highest BCUT2D eigenvalue weighted by Gasteiger charge is 2.19. The van der Waals surface area contributed by atoms with Gasteiger partial charge in [-0.05, 0) is 49.6 Å². The normalized spacial score (nSPS) is 12.2. The van der Waals surface area contributed by atoms with Gasteiger partial charge >= 0.3 is 5.97 Å². The molecule has 0 aliphatic carbocycles. The molecule has 4 nitrogen and oxygen atoms in total. The van der Waals surface area contributed by atoms with Gasteiger partial charge in [0.15, 0.2) is 0 Å². The maximum atomic E-state index is 11.3. The predicted molar refractivity (Wildman–Crippen MR) is 78.4 cm³/mol. The number of nitrogens with two attached hydrogens (primary N) is 1. The topological polar surface area (TPSA) is 72.5 Å². The lowest BCUT2D eigenvalue weighted by molar-refractivity contribution is -0.142. The Morgan fingerprint density at radius 1 is 1.47 bits per heavy atom. The molecule has 0 aliphatic rings. The summed E-state index contributed by atoms with van der Waals surface area (Å²) in [7, 11) is 1.59. The maximum Gasteiger partial charge on any atom is 0.306 e. The molecule has 0 aromatic heterocycles. The number of aliphatic carboxylic acids is 1. The van der Waals surface area contributed by atoms with Crippen molar-refractivity contribution in [3.05, 3.63) is 28.2 Å². The number of unbranched alkanes of at least 4 members (excludes halogenated alkanes) is 1. The van der Waals surface area contributed by atoms with Crippen molar-refractivity contribution in [2.75, 3.05) is 13.7 Å². The number of carboxylic acid groups (broad SMARTS) is 1. The second-order valence-corrected chi connectivity index (χ2v) is 5.40. The molecule has 5 heteroatoms. The molecule has 0 fully saturated rings. The van der Waals surface area contributed by atoms with Crippen LogP contribution in [0.25, 0.3) is 0 Å². The Balaban J connectivity index is 2.77. The summed E-state index contributed by atoms with van der Waals surface area (Å²) in [6.45, 7) is 0.604. The summed E-state index contributed by atoms with van der Waals surface area (Å²) in [5, 5.41) is 9.28. The number of halogens is 1. The van der Waals surface area contributed by atoms with Gasteiger partial charge in [-0.15, -0.1) is 0 Å². The minimum atomic E-state index is -0.765. The SMILES string of the molecule is COc1ccc(Br)cc1CC(CCCCN)C(=O)O. The predicted octanol–water partition coefficient (Wildman–Crippen LogP) is 2.83. The molecule has 1 aromatic rings. The van der Waals surface area contributed by atoms with Crippen molar-refractivity contribution in [1.29, 1.82) is 0 Å². The molecule has 3 N–H and O–H groups in total. The Bertz CT molecular complexity index is 423. The number of ether oxygens (including phenoxy) is 1. The lowest BCUT2D eigenvalue weighted by atomic mass is 9.93. The fraction of sp³-hybridized carbons (Fsp3) is 0.500. The van der Waals surface area contributed by atoms with Gasteiger partial charge in [-0.2, -0.15) is 0 Å². The zero-order valence-electron chi connectivity index (χ0n) is 11.1. The van der Waals surface area contributed by atoms with Crippen LogP contribution in [0, 0.1) is 5.92 Å². The Hall–Kier alpha value is -1.07. The summed E-state index contributed by atoms with van der Waals surface area (Å²) < 4.78 is 6.20. The van der Waals surface area contributed by atoms with E-state index in [0.29, 0.717) is 19.4 Å². The van der Waals surface area contributed by atoms with Crippen LogP contribution in [0.15, 0.2) is 22.7 Å². The average Bonchev–Trinajstić information content (AvgIpc) is 2.38. The lowest BCUT2D eigenvalue weighted by Gasteiger charge is -2.15. The van der Waals surface area contributed by atoms with Crippen LogP contribution in [0.2, 0.25) is 0 Å². The van der Waals surface area contributed by atoms with Gasteiger partial charge in [0.2, 0.25) is 0 Å². The van der Waals surface area contributed by atoms with Gasteiger partial charge in [0.05, 0.1) is 13.0 Å². The Kier molecular flexibility index (Phi) is 6.87. The van der Waals surface area contributed by atoms with Gasteiger partial charge in [-0.1, -0.05) is 22.4 Å². The third kappa shape index (κ3) is 5.20. The maximum absolute atomic E-state index is 11.3. The Morgan fingerprint density at radius 2 is 2.21 bits per heavy atom. The molecule has 0 spiro atoms. The van der Waals surface area contributed by atoms with Gasteiger partial charge in [-0.25, -0.2) is 0 Å². The van der Waals surface area contributed by atoms with Crippen LogP contribution in [-0.2, 0) is 11.2 Å². The van der Waals surface area contributed by atoms with Crippen LogP contribution in [0.3, 0.4) is 0 Å². The molecule has 0 radical (unpaired) electrons. The van der Waals surface area contributed by atoms with Crippen molar-refractivity contribution in [3.63, 3.8) is 0 Å². The first kappa shape index (κ1) is 16.0. The second-order valence-electron chi connectivity index (χ2n) is 4.48. The van der Waals surface area contributed by atoms with Crippen molar-refractivity contribution in [3.8, 4) is 5.75 Å². The standard InChI is InChI=1S/C14H20BrNO3/c1-19-13-6-5-12(15)9-11(13)8-10(14(17)18)4-2-3-7-16/h5-6,9-10H,2-4,7-8,16H2,1H3,(H,17,18). The van der Waals surface area contributed by atoms with Crippen LogP contribution in [0.4, 0.5) is 0 Å². The first-order chi connectivity index (χ1) is 9.08. The van der Waals surface area contributed by atoms with Crippen LogP contribution in [0.5, 0.6) is 5.75 Å². The molecule has 1 unspecified atom stereocenters. The summed E-state index contributed by atoms with van der Waals surface area (Å²) in [5.41, 5.74) is 6.35. The number of carbonyl (C=O) groups is 1. The van der Waals surface area contributed by atoms with Crippen molar-refractivity contribution in [1.82, 2.24) is 0 Å². The van der Waals surface area contributed by atoms with E-state index in [-0.39, 0.29) is 0 Å². The highest BCUT2D eigenvalue weighted by atomic mass is 79.9. The number of hydrogen-bond donors (Lipinski definition) is 2. The third-order valence-electron chi connectivity index (χ3n) is 3.06. The van der Waals surface area contributed by atoms with E-state index in [1.165, 1.54) is 0 Å². The zero-order chi connectivity index (χ0) is 14.3. The van der Waals surface area contributed by atoms with Crippen molar-refractivity contribution in [2.24, 2.45) is 11.7 Å². The van der Waals surface area contributed by atoms with E-state index in [9.17, 15) is 9.90 Å². The van der Waals surface area contributed by atoms with Crippen molar-refractivity contribution >= 4 is 21.9 Å². The van der Waals surface area contributed by atoms with E-state index in [0.717, 1.165) is 28.6 Å². The van der Waals surface area contributed by atoms with Crippen LogP contribution in [0.1, 0.15) is 24.8 Å². The van der Waals surface area contributed by atoms with Gasteiger partial charge in [0.1, 0.15) is 5.75 Å². The van der Waals surface area contributed by atoms with Crippen molar-refractivity contribution < 1.29 is 14.6 Å². The molecule has 106 valence electrons. The second kappa shape index (κ2) is 8.17. The fourth-order valence-corrected chi connectivity index (χ4v) is 2.43. The van der Waals surface area contributed by atoms with Crippen LogP contribution < -0.4 is 10.5 Å². The molecule has 0 amide bonds. The number of benzene rings is 1. The van der Waals surface area contributed by atoms with Gasteiger partial charge < -0.3 is 15.6 Å². The molecular formula is C14H20BrNO3. The number of carboxylic acids is 1. The summed E-state index contributed by atoms with van der Waals surface area (Å²) in [5.74, 6) is -0.429. The largest absolute Gasteiger partial charge is 0.496 e. The lowest BCUT2D eigenvalue weighted by Crippen LogP contribution is -2.17. The fourth-order valence-electron chi connectivity index (χ4n) is 2.02. The van der Waals surface area contributed by atoms with Crippen LogP contribution >= 0.6 is 15.9 Å². The van der Waals surface area contributed by atoms with E-state index in [4.69, 9.17) is 10.5 Å². The number of rotatable bonds is 8. The highest BCUT2D eigenvalue weighted by molar-refractivity contribution is 9.10. The highest BCUT2D eigenvalue weighted by Crippen LogP contribution is 2.27. The van der Waals surface area contributed by atoms with Crippen LogP contribution in [-0.4, -0.2) is 24.7 Å². The van der Waals surface area contributed by atoms with Gasteiger partial charge in [0.25, 0.3) is 0 Å². The van der Waals surface area contributed by atoms with Gasteiger partial charge in [0, 0.05) is 4.47 Å². The smallest absolute Gasteiger partial charge is 0.306 e. The quantitative estimate of drug-likeness (QED) is 0.719. The van der Waals surface area contributed by atoms with Gasteiger partial charge in [-0.3, -0.25) is 4.79 Å². The molecule has 0 bridgehead atoms. The van der Waals surface area contributed by atoms with E-state index in [1.807, 2.05) is 18.2 Å². The Morgan fingerprint density at radius 3 is 2.79 bits per heavy atom. The Labute approximate surface area is 122 Å². The molecular weight excluding hydrogens is 310 g/mol. The minimum absolute atomic E-state index is 0.394. The minimum Gasteiger partial charge on any atom is -0.496 e. The van der Waals surface area contributed by atoms with E-state index in [1.54, 1.807) is 7.11 Å². The molecule has 19 heavy (non-hydrogen) atoms. The molecule has 0 saturated heterocycles. The summed E-state index contributed by atoms with van der Waals surface area (Å²) in [6.07, 6.45) is 2.81. The van der Waals surface area contributed by atoms with Crippen molar-refractivity contribution in [2.45, 2.75) is 25.7 Å². The monoisotopic (exact) mass is 329 g/mol. The van der Waals surface area contributed by atoms with E-state index >= 15 is 0 Å². The summed E-state index contributed by atoms with van der Waals surface area (Å²) >= 11 is 3.40. The molecule has 0 aliphatic heterocycles. The molecule has 0 heterocycles. The first-order valence-corrected chi connectivity index (χ1v) is 7.13. The van der Waals surface area contributed by atoms with E-state index in [2.05, 4.69) is 15.9 Å². The molecule has 1 atom stereocenters. The number of hydrogen-bond acceptors (Lipinski definition) is 3. The summed E-state index contributed by atoms with van der Waals surface area (Å²) in [6, 6.07) is 5.64. The number of methoxy groups -OCH3 is 1. The third-order valence-corrected chi connectivity index (χ3v) is 3.56. The molecule has 1 rings (SSSR count). The average molecular weight is 330 g/mol. The zero-order valence-corrected chi connectivity index (χ0v) is 12.6. The first-order valence-electron chi connectivity index (χ1n) is 6.33.